The van der Waals surface area contributed by atoms with Gasteiger partial charge in [0.1, 0.15) is 0 Å². The number of carbonyl (C=O) groups excluding carboxylic acids is 1. The Morgan fingerprint density at radius 1 is 1.32 bits per heavy atom. The van der Waals surface area contributed by atoms with Crippen LogP contribution in [0.25, 0.3) is 0 Å². The monoisotopic (exact) mass is 329 g/mol. The Bertz CT molecular complexity index is 780. The van der Waals surface area contributed by atoms with Gasteiger partial charge in [-0.2, -0.15) is 0 Å². The molecule has 22 heavy (non-hydrogen) atoms. The molecule has 2 N–H and O–H groups in total. The van der Waals surface area contributed by atoms with Crippen molar-refractivity contribution in [1.29, 1.82) is 0 Å². The normalized spacial score (nSPS) is 10.5. The van der Waals surface area contributed by atoms with E-state index in [2.05, 4.69) is 15.3 Å². The fraction of sp³-hybridized carbons (Fsp3) is 0.154. The number of hydrogen-bond acceptors (Lipinski definition) is 4. The second-order valence-corrected chi connectivity index (χ2v) is 5.22. The van der Waals surface area contributed by atoms with E-state index in [1.165, 1.54) is 6.07 Å². The predicted molar refractivity (Wildman–Crippen MR) is 75.3 cm³/mol. The van der Waals surface area contributed by atoms with E-state index in [0.29, 0.717) is 11.8 Å². The number of amides is 1. The molecule has 0 saturated carbocycles. The molecule has 5 nitrogen and oxygen atoms in total. The third kappa shape index (κ3) is 3.88. The summed E-state index contributed by atoms with van der Waals surface area (Å²) in [6.45, 7) is 1.62. The lowest BCUT2D eigenvalue weighted by Crippen LogP contribution is -2.17. The Morgan fingerprint density at radius 3 is 2.73 bits per heavy atom. The fourth-order valence-corrected chi connectivity index (χ4v) is 2.28. The average Bonchev–Trinajstić information content (AvgIpc) is 2.45. The number of hydrogen-bond donors (Lipinski definition) is 2. The van der Waals surface area contributed by atoms with Crippen LogP contribution in [0.15, 0.2) is 28.2 Å². The molecule has 0 aliphatic rings. The molecule has 1 aromatic carbocycles. The highest BCUT2D eigenvalue weighted by atomic mass is 32.2. The van der Waals surface area contributed by atoms with E-state index in [1.807, 2.05) is 0 Å². The smallest absolute Gasteiger partial charge is 0.251 e. The Labute approximate surface area is 127 Å². The number of anilines is 1. The molecule has 0 aliphatic carbocycles. The lowest BCUT2D eigenvalue weighted by molar-refractivity contribution is -0.113. The van der Waals surface area contributed by atoms with E-state index in [-0.39, 0.29) is 16.5 Å². The summed E-state index contributed by atoms with van der Waals surface area (Å²) in [5, 5.41) is 2.34. The molecule has 1 amide bonds. The van der Waals surface area contributed by atoms with Crippen molar-refractivity contribution in [3.05, 3.63) is 51.7 Å². The molecule has 0 fully saturated rings. The van der Waals surface area contributed by atoms with Crippen molar-refractivity contribution < 1.29 is 18.0 Å². The van der Waals surface area contributed by atoms with Crippen molar-refractivity contribution in [2.45, 2.75) is 12.1 Å². The van der Waals surface area contributed by atoms with Crippen LogP contribution in [-0.4, -0.2) is 21.6 Å². The molecule has 2 rings (SSSR count). The van der Waals surface area contributed by atoms with Gasteiger partial charge in [-0.05, 0) is 19.1 Å². The summed E-state index contributed by atoms with van der Waals surface area (Å²) < 4.78 is 39.2. The maximum absolute atomic E-state index is 13.4. The lowest BCUT2D eigenvalue weighted by atomic mass is 10.3. The number of nitrogens with one attached hydrogen (secondary N) is 2. The Kier molecular flexibility index (Phi) is 4.86. The first-order valence-electron chi connectivity index (χ1n) is 6.01. The highest BCUT2D eigenvalue weighted by molar-refractivity contribution is 7.99. The summed E-state index contributed by atoms with van der Waals surface area (Å²) in [4.78, 5) is 29.3. The summed E-state index contributed by atoms with van der Waals surface area (Å²) >= 11 is 0.920. The minimum Gasteiger partial charge on any atom is -0.323 e. The number of H-pyrrole nitrogens is 1. The third-order valence-corrected chi connectivity index (χ3v) is 3.37. The number of halogens is 3. The molecule has 0 unspecified atom stereocenters. The van der Waals surface area contributed by atoms with Crippen LogP contribution in [0.1, 0.15) is 5.69 Å². The van der Waals surface area contributed by atoms with Gasteiger partial charge in [0.2, 0.25) is 5.91 Å². The van der Waals surface area contributed by atoms with E-state index < -0.39 is 29.0 Å². The minimum atomic E-state index is -1.66. The molecule has 1 aromatic heterocycles. The largest absolute Gasteiger partial charge is 0.323 e. The van der Waals surface area contributed by atoms with Gasteiger partial charge in [-0.1, -0.05) is 11.8 Å². The first-order valence-corrected chi connectivity index (χ1v) is 6.99. The van der Waals surface area contributed by atoms with Crippen LogP contribution in [0, 0.1) is 24.4 Å². The molecule has 2 aromatic rings. The average molecular weight is 329 g/mol. The van der Waals surface area contributed by atoms with Gasteiger partial charge in [0, 0.05) is 11.8 Å². The van der Waals surface area contributed by atoms with Gasteiger partial charge < -0.3 is 10.3 Å². The molecule has 9 heteroatoms. The molecule has 0 atom stereocenters. The molecular formula is C13H10F3N3O2S. The van der Waals surface area contributed by atoms with Crippen LogP contribution in [0.4, 0.5) is 18.9 Å². The zero-order chi connectivity index (χ0) is 16.3. The van der Waals surface area contributed by atoms with Crippen LogP contribution in [0.3, 0.4) is 0 Å². The summed E-state index contributed by atoms with van der Waals surface area (Å²) in [7, 11) is 0. The topological polar surface area (TPSA) is 74.8 Å². The standard InChI is InChI=1S/C13H10F3N3O2S/c1-6-4-9(20)19-13(17-6)22-5-10(21)18-8-3-2-7(14)11(15)12(8)16/h2-4H,5H2,1H3,(H,18,21)(H,17,19,20). The van der Waals surface area contributed by atoms with Gasteiger partial charge in [0.25, 0.3) is 5.56 Å². The van der Waals surface area contributed by atoms with Crippen LogP contribution in [-0.2, 0) is 4.79 Å². The highest BCUT2D eigenvalue weighted by Gasteiger charge is 2.15. The predicted octanol–water partition coefficient (Wildman–Crippen LogP) is 2.23. The molecule has 0 aliphatic heterocycles. The Balaban J connectivity index is 2.02. The number of nitrogens with zero attached hydrogens (tertiary/aromatic N) is 1. The van der Waals surface area contributed by atoms with Crippen LogP contribution < -0.4 is 10.9 Å². The van der Waals surface area contributed by atoms with Gasteiger partial charge in [-0.15, -0.1) is 0 Å². The minimum absolute atomic E-state index is 0.190. The number of carbonyl (C=O) groups is 1. The van der Waals surface area contributed by atoms with Crippen molar-refractivity contribution in [3.8, 4) is 0 Å². The third-order valence-electron chi connectivity index (χ3n) is 2.50. The number of aromatic nitrogens is 2. The number of aromatic amines is 1. The van der Waals surface area contributed by atoms with Gasteiger partial charge in [0.05, 0.1) is 11.4 Å². The highest BCUT2D eigenvalue weighted by Crippen LogP contribution is 2.20. The van der Waals surface area contributed by atoms with E-state index in [4.69, 9.17) is 0 Å². The maximum Gasteiger partial charge on any atom is 0.251 e. The molecule has 1 heterocycles. The molecule has 116 valence electrons. The molecule has 0 saturated heterocycles. The summed E-state index contributed by atoms with van der Waals surface area (Å²) in [6, 6.07) is 2.92. The summed E-state index contributed by atoms with van der Waals surface area (Å²) in [5.41, 5.74) is -0.337. The van der Waals surface area contributed by atoms with Gasteiger partial charge >= 0.3 is 0 Å². The zero-order valence-electron chi connectivity index (χ0n) is 11.2. The van der Waals surface area contributed by atoms with Crippen LogP contribution in [0.2, 0.25) is 0 Å². The van der Waals surface area contributed by atoms with Crippen molar-refractivity contribution >= 4 is 23.4 Å². The summed E-state index contributed by atoms with van der Waals surface area (Å²) in [5.74, 6) is -5.31. The number of rotatable bonds is 4. The second-order valence-electron chi connectivity index (χ2n) is 4.25. The van der Waals surface area contributed by atoms with E-state index in [1.54, 1.807) is 6.92 Å². The molecular weight excluding hydrogens is 319 g/mol. The van der Waals surface area contributed by atoms with Crippen molar-refractivity contribution in [2.24, 2.45) is 0 Å². The van der Waals surface area contributed by atoms with Gasteiger partial charge in [-0.25, -0.2) is 18.2 Å². The zero-order valence-corrected chi connectivity index (χ0v) is 12.1. The number of thioether (sulfide) groups is 1. The van der Waals surface area contributed by atoms with Crippen molar-refractivity contribution in [1.82, 2.24) is 9.97 Å². The van der Waals surface area contributed by atoms with Crippen molar-refractivity contribution in [2.75, 3.05) is 11.1 Å². The fourth-order valence-electron chi connectivity index (χ4n) is 1.56. The van der Waals surface area contributed by atoms with E-state index in [9.17, 15) is 22.8 Å². The molecule has 0 spiro atoms. The second kappa shape index (κ2) is 6.65. The number of benzene rings is 1. The van der Waals surface area contributed by atoms with Crippen LogP contribution in [0.5, 0.6) is 0 Å². The Hall–Kier alpha value is -2.29. The first-order chi connectivity index (χ1) is 10.4. The Morgan fingerprint density at radius 2 is 2.05 bits per heavy atom. The molecule has 0 radical (unpaired) electrons. The number of aryl methyl sites for hydroxylation is 1. The SMILES string of the molecule is Cc1cc(=O)[nH]c(SCC(=O)Nc2ccc(F)c(F)c2F)n1. The van der Waals surface area contributed by atoms with Crippen LogP contribution >= 0.6 is 11.8 Å². The maximum atomic E-state index is 13.4. The van der Waals surface area contributed by atoms with Gasteiger partial charge in [-0.3, -0.25) is 9.59 Å². The first kappa shape index (κ1) is 16.1. The van der Waals surface area contributed by atoms with Crippen molar-refractivity contribution in [3.63, 3.8) is 0 Å². The lowest BCUT2D eigenvalue weighted by Gasteiger charge is -2.07. The van der Waals surface area contributed by atoms with E-state index >= 15 is 0 Å². The summed E-state index contributed by atoms with van der Waals surface area (Å²) in [6.07, 6.45) is 0. The molecule has 0 bridgehead atoms. The van der Waals surface area contributed by atoms with Gasteiger partial charge in [0.15, 0.2) is 22.6 Å². The quantitative estimate of drug-likeness (QED) is 0.512. The van der Waals surface area contributed by atoms with E-state index in [0.717, 1.165) is 17.8 Å².